The fraction of sp³-hybridized carbons (Fsp3) is 0.267. The number of nitrogens with one attached hydrogen (secondary N) is 1. The molecule has 0 saturated carbocycles. The highest BCUT2D eigenvalue weighted by Crippen LogP contribution is 2.11. The fourth-order valence-corrected chi connectivity index (χ4v) is 1.75. The second kappa shape index (κ2) is 6.85. The van der Waals surface area contributed by atoms with Crippen LogP contribution >= 0.6 is 0 Å². The SMILES string of the molecule is CCNc1ccnc(COCc2ccccc2F)c1. The maximum Gasteiger partial charge on any atom is 0.128 e. The summed E-state index contributed by atoms with van der Waals surface area (Å²) < 4.78 is 18.9. The Kier molecular flexibility index (Phi) is 4.86. The predicted molar refractivity (Wildman–Crippen MR) is 73.3 cm³/mol. The lowest BCUT2D eigenvalue weighted by Crippen LogP contribution is -2.01. The molecule has 0 bridgehead atoms. The van der Waals surface area contributed by atoms with Crippen LogP contribution in [0.4, 0.5) is 10.1 Å². The van der Waals surface area contributed by atoms with Gasteiger partial charge in [0.05, 0.1) is 18.9 Å². The molecule has 0 aliphatic heterocycles. The molecule has 1 N–H and O–H groups in total. The smallest absolute Gasteiger partial charge is 0.128 e. The van der Waals surface area contributed by atoms with E-state index in [1.54, 1.807) is 24.4 Å². The molecule has 0 atom stereocenters. The summed E-state index contributed by atoms with van der Waals surface area (Å²) in [6, 6.07) is 10.5. The first-order valence-corrected chi connectivity index (χ1v) is 6.29. The van der Waals surface area contributed by atoms with Crippen molar-refractivity contribution in [2.24, 2.45) is 0 Å². The van der Waals surface area contributed by atoms with Gasteiger partial charge in [0.15, 0.2) is 0 Å². The van der Waals surface area contributed by atoms with Crippen molar-refractivity contribution in [2.45, 2.75) is 20.1 Å². The first kappa shape index (κ1) is 13.5. The van der Waals surface area contributed by atoms with Crippen molar-refractivity contribution in [2.75, 3.05) is 11.9 Å². The summed E-state index contributed by atoms with van der Waals surface area (Å²) in [6.07, 6.45) is 1.74. The van der Waals surface area contributed by atoms with E-state index in [0.29, 0.717) is 12.2 Å². The van der Waals surface area contributed by atoms with Gasteiger partial charge in [0.1, 0.15) is 5.82 Å². The third kappa shape index (κ3) is 4.03. The molecule has 1 aromatic heterocycles. The van der Waals surface area contributed by atoms with Gasteiger partial charge in [-0.25, -0.2) is 4.39 Å². The van der Waals surface area contributed by atoms with Gasteiger partial charge in [0.2, 0.25) is 0 Å². The van der Waals surface area contributed by atoms with E-state index in [1.165, 1.54) is 6.07 Å². The van der Waals surface area contributed by atoms with Crippen LogP contribution in [-0.2, 0) is 18.0 Å². The van der Waals surface area contributed by atoms with Crippen molar-refractivity contribution < 1.29 is 9.13 Å². The van der Waals surface area contributed by atoms with Crippen LogP contribution in [0.3, 0.4) is 0 Å². The Hall–Kier alpha value is -1.94. The van der Waals surface area contributed by atoms with Gasteiger partial charge < -0.3 is 10.1 Å². The first-order valence-electron chi connectivity index (χ1n) is 6.29. The Balaban J connectivity index is 1.89. The van der Waals surface area contributed by atoms with Crippen LogP contribution in [-0.4, -0.2) is 11.5 Å². The third-order valence-corrected chi connectivity index (χ3v) is 2.66. The number of anilines is 1. The van der Waals surface area contributed by atoms with Crippen molar-refractivity contribution in [3.8, 4) is 0 Å². The maximum atomic E-state index is 13.4. The highest BCUT2D eigenvalue weighted by Gasteiger charge is 2.02. The molecule has 0 saturated heterocycles. The van der Waals surface area contributed by atoms with E-state index >= 15 is 0 Å². The first-order chi connectivity index (χ1) is 9.29. The predicted octanol–water partition coefficient (Wildman–Crippen LogP) is 3.37. The lowest BCUT2D eigenvalue weighted by molar-refractivity contribution is 0.102. The van der Waals surface area contributed by atoms with E-state index in [-0.39, 0.29) is 12.4 Å². The molecule has 4 heteroatoms. The van der Waals surface area contributed by atoms with E-state index in [9.17, 15) is 4.39 Å². The van der Waals surface area contributed by atoms with Crippen LogP contribution in [0.2, 0.25) is 0 Å². The van der Waals surface area contributed by atoms with E-state index in [1.807, 2.05) is 19.1 Å². The monoisotopic (exact) mass is 260 g/mol. The molecule has 0 spiro atoms. The summed E-state index contributed by atoms with van der Waals surface area (Å²) in [4.78, 5) is 4.22. The molecule has 3 nitrogen and oxygen atoms in total. The normalized spacial score (nSPS) is 10.4. The molecule has 0 aliphatic rings. The minimum atomic E-state index is -0.239. The van der Waals surface area contributed by atoms with Crippen LogP contribution in [0, 0.1) is 5.82 Å². The van der Waals surface area contributed by atoms with Crippen molar-refractivity contribution in [1.82, 2.24) is 4.98 Å². The van der Waals surface area contributed by atoms with E-state index < -0.39 is 0 Å². The third-order valence-electron chi connectivity index (χ3n) is 2.66. The molecule has 0 amide bonds. The number of halogens is 1. The minimum absolute atomic E-state index is 0.239. The van der Waals surface area contributed by atoms with Gasteiger partial charge in [-0.1, -0.05) is 18.2 Å². The van der Waals surface area contributed by atoms with Crippen molar-refractivity contribution >= 4 is 5.69 Å². The number of pyridine rings is 1. The molecule has 2 rings (SSSR count). The number of hydrogen-bond donors (Lipinski definition) is 1. The van der Waals surface area contributed by atoms with Gasteiger partial charge in [-0.15, -0.1) is 0 Å². The van der Waals surface area contributed by atoms with Crippen LogP contribution in [0.25, 0.3) is 0 Å². The van der Waals surface area contributed by atoms with Crippen LogP contribution < -0.4 is 5.32 Å². The molecule has 0 fully saturated rings. The number of rotatable bonds is 6. The van der Waals surface area contributed by atoms with Gasteiger partial charge in [-0.05, 0) is 25.1 Å². The average molecular weight is 260 g/mol. The Morgan fingerprint density at radius 2 is 2.05 bits per heavy atom. The van der Waals surface area contributed by atoms with Crippen LogP contribution in [0.5, 0.6) is 0 Å². The Labute approximate surface area is 112 Å². The molecule has 0 unspecified atom stereocenters. The van der Waals surface area contributed by atoms with Gasteiger partial charge >= 0.3 is 0 Å². The second-order valence-corrected chi connectivity index (χ2v) is 4.15. The molecule has 0 radical (unpaired) electrons. The summed E-state index contributed by atoms with van der Waals surface area (Å²) in [6.45, 7) is 3.52. The van der Waals surface area contributed by atoms with Crippen LogP contribution in [0.15, 0.2) is 42.6 Å². The largest absolute Gasteiger partial charge is 0.385 e. The highest BCUT2D eigenvalue weighted by atomic mass is 19.1. The molecule has 1 heterocycles. The zero-order chi connectivity index (χ0) is 13.5. The topological polar surface area (TPSA) is 34.2 Å². The summed E-state index contributed by atoms with van der Waals surface area (Å²) >= 11 is 0. The van der Waals surface area contributed by atoms with E-state index in [0.717, 1.165) is 17.9 Å². The summed E-state index contributed by atoms with van der Waals surface area (Å²) in [5.74, 6) is -0.239. The number of hydrogen-bond acceptors (Lipinski definition) is 3. The van der Waals surface area contributed by atoms with Crippen molar-refractivity contribution in [3.63, 3.8) is 0 Å². The second-order valence-electron chi connectivity index (χ2n) is 4.15. The quantitative estimate of drug-likeness (QED) is 0.864. The van der Waals surface area contributed by atoms with Crippen molar-refractivity contribution in [3.05, 3.63) is 59.7 Å². The average Bonchev–Trinajstić information content (AvgIpc) is 2.42. The zero-order valence-electron chi connectivity index (χ0n) is 10.9. The number of aromatic nitrogens is 1. The summed E-state index contributed by atoms with van der Waals surface area (Å²) in [5.41, 5.74) is 2.40. The number of benzene rings is 1. The van der Waals surface area contributed by atoms with Crippen LogP contribution in [0.1, 0.15) is 18.2 Å². The minimum Gasteiger partial charge on any atom is -0.385 e. The molecule has 0 aliphatic carbocycles. The fourth-order valence-electron chi connectivity index (χ4n) is 1.75. The Bertz CT molecular complexity index is 531. The standard InChI is InChI=1S/C15H17FN2O/c1-2-17-13-7-8-18-14(9-13)11-19-10-12-5-3-4-6-15(12)16/h3-9H,2,10-11H2,1H3,(H,17,18). The van der Waals surface area contributed by atoms with Crippen molar-refractivity contribution in [1.29, 1.82) is 0 Å². The number of nitrogens with zero attached hydrogens (tertiary/aromatic N) is 1. The van der Waals surface area contributed by atoms with E-state index in [2.05, 4.69) is 10.3 Å². The van der Waals surface area contributed by atoms with Gasteiger partial charge in [-0.2, -0.15) is 0 Å². The molecule has 2 aromatic rings. The maximum absolute atomic E-state index is 13.4. The van der Waals surface area contributed by atoms with Gasteiger partial charge in [0, 0.05) is 24.0 Å². The molecular formula is C15H17FN2O. The molecular weight excluding hydrogens is 243 g/mol. The van der Waals surface area contributed by atoms with E-state index in [4.69, 9.17) is 4.74 Å². The highest BCUT2D eigenvalue weighted by molar-refractivity contribution is 5.42. The Morgan fingerprint density at radius 3 is 2.84 bits per heavy atom. The lowest BCUT2D eigenvalue weighted by Gasteiger charge is -2.07. The Morgan fingerprint density at radius 1 is 1.21 bits per heavy atom. The summed E-state index contributed by atoms with van der Waals surface area (Å²) in [7, 11) is 0. The zero-order valence-corrected chi connectivity index (χ0v) is 10.9. The molecule has 1 aromatic carbocycles. The van der Waals surface area contributed by atoms with Gasteiger partial charge in [-0.3, -0.25) is 4.98 Å². The van der Waals surface area contributed by atoms with Gasteiger partial charge in [0.25, 0.3) is 0 Å². The summed E-state index contributed by atoms with van der Waals surface area (Å²) in [5, 5.41) is 3.21. The molecule has 100 valence electrons. The molecule has 19 heavy (non-hydrogen) atoms. The lowest BCUT2D eigenvalue weighted by atomic mass is 10.2. The number of ether oxygens (including phenoxy) is 1.